The van der Waals surface area contributed by atoms with Gasteiger partial charge in [0.25, 0.3) is 0 Å². The molecule has 45 heavy (non-hydrogen) atoms. The summed E-state index contributed by atoms with van der Waals surface area (Å²) in [4.78, 5) is 29.5. The van der Waals surface area contributed by atoms with E-state index in [1.165, 1.54) is 4.31 Å². The number of carbonyl (C=O) groups is 2. The van der Waals surface area contributed by atoms with Gasteiger partial charge in [0, 0.05) is 37.5 Å². The number of methoxy groups -OCH3 is 1. The highest BCUT2D eigenvalue weighted by Crippen LogP contribution is 2.35. The molecular formula is C34H43N3O7S. The summed E-state index contributed by atoms with van der Waals surface area (Å²) in [6.45, 7) is 6.73. The first-order valence-corrected chi connectivity index (χ1v) is 16.8. The molecule has 3 aromatic carbocycles. The molecule has 4 rings (SSSR count). The summed E-state index contributed by atoms with van der Waals surface area (Å²) in [5.41, 5.74) is 1.63. The summed E-state index contributed by atoms with van der Waals surface area (Å²) < 4.78 is 43.6. The molecule has 2 amide bonds. The molecule has 0 bridgehead atoms. The Hall–Kier alpha value is -4.25. The quantitative estimate of drug-likeness (QED) is 0.292. The Morgan fingerprint density at radius 3 is 2.29 bits per heavy atom. The third-order valence-electron chi connectivity index (χ3n) is 7.22. The molecule has 0 saturated carbocycles. The van der Waals surface area contributed by atoms with E-state index in [4.69, 9.17) is 14.2 Å². The molecular weight excluding hydrogens is 594 g/mol. The van der Waals surface area contributed by atoms with Crippen molar-refractivity contribution < 1.29 is 32.2 Å². The first-order chi connectivity index (χ1) is 21.3. The van der Waals surface area contributed by atoms with E-state index in [1.807, 2.05) is 75.4 Å². The largest absolute Gasteiger partial charge is 0.497 e. The molecule has 0 aromatic heterocycles. The van der Waals surface area contributed by atoms with E-state index in [0.717, 1.165) is 17.4 Å². The molecule has 0 radical (unpaired) electrons. The Morgan fingerprint density at radius 1 is 0.933 bits per heavy atom. The summed E-state index contributed by atoms with van der Waals surface area (Å²) in [6.07, 6.45) is 1.70. The van der Waals surface area contributed by atoms with Gasteiger partial charge < -0.3 is 24.4 Å². The third-order valence-corrected chi connectivity index (χ3v) is 8.42. The molecule has 0 saturated heterocycles. The second-order valence-electron chi connectivity index (χ2n) is 12.1. The van der Waals surface area contributed by atoms with Gasteiger partial charge in [-0.3, -0.25) is 13.9 Å². The fraction of sp³-hybridized carbons (Fsp3) is 0.412. The lowest BCUT2D eigenvalue weighted by atomic mass is 10.00. The van der Waals surface area contributed by atoms with E-state index in [1.54, 1.807) is 30.2 Å². The molecule has 1 heterocycles. The molecule has 1 aliphatic rings. The van der Waals surface area contributed by atoms with E-state index >= 15 is 0 Å². The van der Waals surface area contributed by atoms with Crippen molar-refractivity contribution in [2.75, 3.05) is 37.4 Å². The van der Waals surface area contributed by atoms with Crippen molar-refractivity contribution >= 4 is 27.5 Å². The molecule has 0 aliphatic carbocycles. The normalized spacial score (nSPS) is 13.4. The van der Waals surface area contributed by atoms with E-state index in [2.05, 4.69) is 5.32 Å². The van der Waals surface area contributed by atoms with Crippen LogP contribution in [0.5, 0.6) is 17.2 Å². The van der Waals surface area contributed by atoms with Crippen LogP contribution in [-0.2, 0) is 32.6 Å². The van der Waals surface area contributed by atoms with Gasteiger partial charge in [0.05, 0.1) is 19.1 Å². The van der Waals surface area contributed by atoms with E-state index in [0.29, 0.717) is 42.6 Å². The average Bonchev–Trinajstić information content (AvgIpc) is 2.99. The van der Waals surface area contributed by atoms with Crippen LogP contribution in [0.15, 0.2) is 72.8 Å². The molecule has 242 valence electrons. The predicted molar refractivity (Wildman–Crippen MR) is 174 cm³/mol. The lowest BCUT2D eigenvalue weighted by Gasteiger charge is -2.34. The number of amides is 2. The fourth-order valence-electron chi connectivity index (χ4n) is 5.17. The zero-order valence-corrected chi connectivity index (χ0v) is 27.4. The van der Waals surface area contributed by atoms with Gasteiger partial charge >= 0.3 is 0 Å². The Labute approximate surface area is 266 Å². The van der Waals surface area contributed by atoms with E-state index in [9.17, 15) is 18.0 Å². The second-order valence-corrected chi connectivity index (χ2v) is 14.0. The Bertz CT molecular complexity index is 1570. The summed E-state index contributed by atoms with van der Waals surface area (Å²) >= 11 is 0. The Balaban J connectivity index is 1.60. The maximum absolute atomic E-state index is 14.1. The van der Waals surface area contributed by atoms with Gasteiger partial charge in [0.15, 0.2) is 11.5 Å². The molecule has 0 unspecified atom stereocenters. The number of fused-ring (bicyclic) bond motifs is 1. The lowest BCUT2D eigenvalue weighted by molar-refractivity contribution is -0.142. The van der Waals surface area contributed by atoms with Gasteiger partial charge in [-0.25, -0.2) is 8.42 Å². The highest BCUT2D eigenvalue weighted by molar-refractivity contribution is 7.92. The van der Waals surface area contributed by atoms with Crippen LogP contribution in [-0.4, -0.2) is 69.8 Å². The minimum atomic E-state index is -3.68. The fourth-order valence-corrected chi connectivity index (χ4v) is 6.12. The predicted octanol–water partition coefficient (Wildman–Crippen LogP) is 4.57. The Kier molecular flexibility index (Phi) is 11.0. The molecule has 0 fully saturated rings. The van der Waals surface area contributed by atoms with Gasteiger partial charge in [-0.05, 0) is 62.6 Å². The van der Waals surface area contributed by atoms with Crippen LogP contribution in [0.1, 0.15) is 44.7 Å². The third kappa shape index (κ3) is 9.62. The molecule has 3 aromatic rings. The molecule has 1 N–H and O–H groups in total. The first kappa shape index (κ1) is 33.6. The zero-order valence-electron chi connectivity index (χ0n) is 26.6. The molecule has 1 atom stereocenters. The Morgan fingerprint density at radius 2 is 1.62 bits per heavy atom. The number of hydrogen-bond donors (Lipinski definition) is 1. The van der Waals surface area contributed by atoms with Gasteiger partial charge in [0.2, 0.25) is 21.8 Å². The number of ether oxygens (including phenoxy) is 3. The monoisotopic (exact) mass is 637 g/mol. The van der Waals surface area contributed by atoms with Crippen LogP contribution >= 0.6 is 0 Å². The zero-order chi connectivity index (χ0) is 32.6. The number of nitrogens with one attached hydrogen (secondary N) is 1. The number of nitrogens with zero attached hydrogens (tertiary/aromatic N) is 2. The van der Waals surface area contributed by atoms with Crippen LogP contribution in [0.2, 0.25) is 0 Å². The standard InChI is InChI=1S/C34H43N3O7S/c1-34(2,3)35-33(39)29(22-25-11-7-6-8-12-25)36(24-26-13-9-14-28(21-26)42-4)32(38)15-10-18-37(45(5,40)41)27-16-17-30-31(23-27)44-20-19-43-30/h6-9,11-14,16-17,21,23,29H,10,15,18-20,22,24H2,1-5H3,(H,35,39)/t29-/m0/s1. The lowest BCUT2D eigenvalue weighted by Crippen LogP contribution is -2.54. The minimum absolute atomic E-state index is 0.0224. The number of carbonyl (C=O) groups excluding carboxylic acids is 2. The molecule has 11 heteroatoms. The summed E-state index contributed by atoms with van der Waals surface area (Å²) in [5.74, 6) is 1.14. The van der Waals surface area contributed by atoms with Gasteiger partial charge in [-0.1, -0.05) is 42.5 Å². The highest BCUT2D eigenvalue weighted by Gasteiger charge is 2.32. The van der Waals surface area contributed by atoms with Crippen LogP contribution in [0.4, 0.5) is 5.69 Å². The van der Waals surface area contributed by atoms with Crippen molar-refractivity contribution in [2.45, 2.75) is 58.2 Å². The van der Waals surface area contributed by atoms with Crippen molar-refractivity contribution in [2.24, 2.45) is 0 Å². The smallest absolute Gasteiger partial charge is 0.243 e. The highest BCUT2D eigenvalue weighted by atomic mass is 32.2. The SMILES string of the molecule is COc1cccc(CN(C(=O)CCCN(c2ccc3c(c2)OCCO3)S(C)(=O)=O)[C@@H](Cc2ccccc2)C(=O)NC(C)(C)C)c1. The van der Waals surface area contributed by atoms with Crippen molar-refractivity contribution in [3.05, 3.63) is 83.9 Å². The number of sulfonamides is 1. The van der Waals surface area contributed by atoms with Gasteiger partial charge in [-0.2, -0.15) is 0 Å². The van der Waals surface area contributed by atoms with E-state index < -0.39 is 21.6 Å². The molecule has 10 nitrogen and oxygen atoms in total. The second kappa shape index (κ2) is 14.7. The number of hydrogen-bond acceptors (Lipinski definition) is 7. The molecule has 0 spiro atoms. The van der Waals surface area contributed by atoms with Crippen LogP contribution in [0.25, 0.3) is 0 Å². The van der Waals surface area contributed by atoms with Crippen molar-refractivity contribution in [1.29, 1.82) is 0 Å². The topological polar surface area (TPSA) is 114 Å². The maximum Gasteiger partial charge on any atom is 0.243 e. The summed E-state index contributed by atoms with van der Waals surface area (Å²) in [7, 11) is -2.10. The minimum Gasteiger partial charge on any atom is -0.497 e. The average molecular weight is 638 g/mol. The molecule has 1 aliphatic heterocycles. The van der Waals surface area contributed by atoms with Crippen molar-refractivity contribution in [3.63, 3.8) is 0 Å². The van der Waals surface area contributed by atoms with E-state index in [-0.39, 0.29) is 37.7 Å². The van der Waals surface area contributed by atoms with Crippen LogP contribution in [0.3, 0.4) is 0 Å². The van der Waals surface area contributed by atoms with Gasteiger partial charge in [0.1, 0.15) is 25.0 Å². The van der Waals surface area contributed by atoms with Gasteiger partial charge in [-0.15, -0.1) is 0 Å². The van der Waals surface area contributed by atoms with Crippen LogP contribution < -0.4 is 23.8 Å². The number of benzene rings is 3. The van der Waals surface area contributed by atoms with Crippen LogP contribution in [0, 0.1) is 0 Å². The summed E-state index contributed by atoms with van der Waals surface area (Å²) in [5, 5.41) is 3.06. The number of anilines is 1. The van der Waals surface area contributed by atoms with Crippen molar-refractivity contribution in [1.82, 2.24) is 10.2 Å². The van der Waals surface area contributed by atoms with Crippen molar-refractivity contribution in [3.8, 4) is 17.2 Å². The summed E-state index contributed by atoms with van der Waals surface area (Å²) in [6, 6.07) is 21.1. The maximum atomic E-state index is 14.1. The number of rotatable bonds is 13. The first-order valence-electron chi connectivity index (χ1n) is 15.0.